The highest BCUT2D eigenvalue weighted by Crippen LogP contribution is 2.32. The van der Waals surface area contributed by atoms with Crippen molar-refractivity contribution in [2.24, 2.45) is 0 Å². The van der Waals surface area contributed by atoms with Gasteiger partial charge in [0.25, 0.3) is 0 Å². The predicted octanol–water partition coefficient (Wildman–Crippen LogP) is 1.18. The van der Waals surface area contributed by atoms with E-state index in [4.69, 9.17) is 0 Å². The van der Waals surface area contributed by atoms with Crippen LogP contribution in [0.2, 0.25) is 0 Å². The van der Waals surface area contributed by atoms with Crippen molar-refractivity contribution >= 4 is 0 Å². The summed E-state index contributed by atoms with van der Waals surface area (Å²) in [5, 5.41) is 0. The van der Waals surface area contributed by atoms with Crippen LogP contribution in [0.15, 0.2) is 0 Å². The van der Waals surface area contributed by atoms with E-state index in [1.807, 2.05) is 0 Å². The summed E-state index contributed by atoms with van der Waals surface area (Å²) in [5.74, 6) is 0. The number of hydrogen-bond acceptors (Lipinski definition) is 4. The molecule has 0 N–H and O–H groups in total. The molecule has 0 aliphatic carbocycles. The van der Waals surface area contributed by atoms with Gasteiger partial charge in [-0.1, -0.05) is 6.92 Å². The SMILES string of the molecule is CCN1CCCC1CN1CCN(C)C2(CCN(C)CC2)C1. The average Bonchev–Trinajstić information content (AvgIpc) is 2.93. The maximum atomic E-state index is 2.78. The largest absolute Gasteiger partial charge is 0.306 e. The maximum Gasteiger partial charge on any atom is 0.0358 e. The topological polar surface area (TPSA) is 13.0 Å². The first-order chi connectivity index (χ1) is 10.1. The molecule has 3 aliphatic heterocycles. The lowest BCUT2D eigenvalue weighted by Crippen LogP contribution is -2.65. The Balaban J connectivity index is 1.60. The number of hydrogen-bond donors (Lipinski definition) is 0. The summed E-state index contributed by atoms with van der Waals surface area (Å²) in [6.07, 6.45) is 5.51. The number of likely N-dealkylation sites (N-methyl/N-ethyl adjacent to an activating group) is 2. The lowest BCUT2D eigenvalue weighted by molar-refractivity contribution is -0.0287. The number of rotatable bonds is 3. The lowest BCUT2D eigenvalue weighted by Gasteiger charge is -2.53. The normalized spacial score (nSPS) is 33.0. The number of piperazine rings is 1. The molecule has 21 heavy (non-hydrogen) atoms. The minimum atomic E-state index is 0.459. The minimum absolute atomic E-state index is 0.459. The molecule has 1 atom stereocenters. The van der Waals surface area contributed by atoms with Gasteiger partial charge in [-0.05, 0) is 66.0 Å². The third-order valence-corrected chi connectivity index (χ3v) is 6.37. The van der Waals surface area contributed by atoms with Crippen LogP contribution in [0.25, 0.3) is 0 Å². The second-order valence-electron chi connectivity index (χ2n) is 7.61. The highest BCUT2D eigenvalue weighted by Gasteiger charge is 2.42. The number of piperidine rings is 1. The third-order valence-electron chi connectivity index (χ3n) is 6.37. The standard InChI is InChI=1S/C17H34N4/c1-4-21-9-5-6-16(21)14-20-13-12-19(3)17(15-20)7-10-18(2)11-8-17/h16H,4-15H2,1-3H3. The van der Waals surface area contributed by atoms with E-state index in [0.717, 1.165) is 6.04 Å². The molecule has 1 spiro atoms. The molecule has 0 aromatic rings. The molecular formula is C17H34N4. The van der Waals surface area contributed by atoms with Crippen molar-refractivity contribution in [3.8, 4) is 0 Å². The molecule has 3 fully saturated rings. The Bertz CT molecular complexity index is 338. The molecule has 3 rings (SSSR count). The monoisotopic (exact) mass is 294 g/mol. The van der Waals surface area contributed by atoms with E-state index in [1.54, 1.807) is 0 Å². The van der Waals surface area contributed by atoms with E-state index in [0.29, 0.717) is 5.54 Å². The highest BCUT2D eigenvalue weighted by atomic mass is 15.3. The van der Waals surface area contributed by atoms with Crippen molar-refractivity contribution in [3.05, 3.63) is 0 Å². The Morgan fingerprint density at radius 2 is 1.76 bits per heavy atom. The van der Waals surface area contributed by atoms with Gasteiger partial charge in [-0.2, -0.15) is 0 Å². The van der Waals surface area contributed by atoms with Crippen LogP contribution >= 0.6 is 0 Å². The number of nitrogens with zero attached hydrogens (tertiary/aromatic N) is 4. The number of likely N-dealkylation sites (tertiary alicyclic amines) is 2. The Morgan fingerprint density at radius 3 is 2.48 bits per heavy atom. The zero-order chi connectivity index (χ0) is 14.9. The predicted molar refractivity (Wildman–Crippen MR) is 88.8 cm³/mol. The molecule has 0 aromatic carbocycles. The Hall–Kier alpha value is -0.160. The summed E-state index contributed by atoms with van der Waals surface area (Å²) in [6.45, 7) is 12.5. The van der Waals surface area contributed by atoms with Crippen molar-refractivity contribution in [3.63, 3.8) is 0 Å². The second-order valence-corrected chi connectivity index (χ2v) is 7.61. The van der Waals surface area contributed by atoms with Crippen molar-refractivity contribution in [2.45, 2.75) is 44.2 Å². The van der Waals surface area contributed by atoms with Gasteiger partial charge in [-0.3, -0.25) is 14.7 Å². The van der Waals surface area contributed by atoms with Crippen LogP contribution in [-0.4, -0.2) is 97.6 Å². The molecule has 3 heterocycles. The van der Waals surface area contributed by atoms with Crippen LogP contribution in [0.1, 0.15) is 32.6 Å². The van der Waals surface area contributed by atoms with Gasteiger partial charge in [0.2, 0.25) is 0 Å². The molecule has 4 heteroatoms. The van der Waals surface area contributed by atoms with Crippen LogP contribution in [0, 0.1) is 0 Å². The van der Waals surface area contributed by atoms with Crippen molar-refractivity contribution in [1.29, 1.82) is 0 Å². The van der Waals surface area contributed by atoms with E-state index in [2.05, 4.69) is 40.6 Å². The van der Waals surface area contributed by atoms with E-state index >= 15 is 0 Å². The van der Waals surface area contributed by atoms with Crippen LogP contribution < -0.4 is 0 Å². The van der Waals surface area contributed by atoms with Crippen molar-refractivity contribution < 1.29 is 0 Å². The summed E-state index contributed by atoms with van der Waals surface area (Å²) < 4.78 is 0. The first-order valence-electron chi connectivity index (χ1n) is 8.99. The summed E-state index contributed by atoms with van der Waals surface area (Å²) in [4.78, 5) is 10.6. The van der Waals surface area contributed by atoms with Crippen molar-refractivity contribution in [1.82, 2.24) is 19.6 Å². The lowest BCUT2D eigenvalue weighted by atomic mass is 9.83. The maximum absolute atomic E-state index is 2.78. The average molecular weight is 294 g/mol. The third kappa shape index (κ3) is 3.29. The van der Waals surface area contributed by atoms with E-state index < -0.39 is 0 Å². The van der Waals surface area contributed by atoms with E-state index in [9.17, 15) is 0 Å². The summed E-state index contributed by atoms with van der Waals surface area (Å²) in [7, 11) is 4.63. The van der Waals surface area contributed by atoms with Gasteiger partial charge in [-0.25, -0.2) is 0 Å². The molecule has 122 valence electrons. The highest BCUT2D eigenvalue weighted by molar-refractivity contribution is 5.00. The quantitative estimate of drug-likeness (QED) is 0.775. The Labute approximate surface area is 131 Å². The van der Waals surface area contributed by atoms with Crippen molar-refractivity contribution in [2.75, 3.05) is 66.5 Å². The van der Waals surface area contributed by atoms with Gasteiger partial charge >= 0.3 is 0 Å². The molecule has 0 amide bonds. The van der Waals surface area contributed by atoms with Gasteiger partial charge in [0, 0.05) is 37.8 Å². The zero-order valence-electron chi connectivity index (χ0n) is 14.4. The van der Waals surface area contributed by atoms with Crippen LogP contribution in [-0.2, 0) is 0 Å². The first kappa shape index (κ1) is 15.7. The van der Waals surface area contributed by atoms with Crippen LogP contribution in [0.3, 0.4) is 0 Å². The van der Waals surface area contributed by atoms with Gasteiger partial charge in [0.15, 0.2) is 0 Å². The molecule has 0 bridgehead atoms. The minimum Gasteiger partial charge on any atom is -0.306 e. The molecule has 1 unspecified atom stereocenters. The molecule has 0 radical (unpaired) electrons. The molecule has 3 aliphatic rings. The van der Waals surface area contributed by atoms with Crippen LogP contribution in [0.4, 0.5) is 0 Å². The van der Waals surface area contributed by atoms with Gasteiger partial charge in [0.1, 0.15) is 0 Å². The fraction of sp³-hybridized carbons (Fsp3) is 1.00. The summed E-state index contributed by atoms with van der Waals surface area (Å²) in [5.41, 5.74) is 0.459. The Morgan fingerprint density at radius 1 is 1.00 bits per heavy atom. The van der Waals surface area contributed by atoms with Gasteiger partial charge in [0.05, 0.1) is 0 Å². The summed E-state index contributed by atoms with van der Waals surface area (Å²) >= 11 is 0. The second kappa shape index (κ2) is 6.53. The van der Waals surface area contributed by atoms with E-state index in [-0.39, 0.29) is 0 Å². The summed E-state index contributed by atoms with van der Waals surface area (Å²) in [6, 6.07) is 0.821. The molecule has 0 saturated carbocycles. The zero-order valence-corrected chi connectivity index (χ0v) is 14.4. The molecular weight excluding hydrogens is 260 g/mol. The Kier molecular flexibility index (Phi) is 4.89. The first-order valence-corrected chi connectivity index (χ1v) is 8.99. The fourth-order valence-electron chi connectivity index (χ4n) is 4.69. The van der Waals surface area contributed by atoms with E-state index in [1.165, 1.54) is 78.0 Å². The molecule has 3 saturated heterocycles. The van der Waals surface area contributed by atoms with Crippen LogP contribution in [0.5, 0.6) is 0 Å². The van der Waals surface area contributed by atoms with Gasteiger partial charge < -0.3 is 4.90 Å². The fourth-order valence-corrected chi connectivity index (χ4v) is 4.69. The smallest absolute Gasteiger partial charge is 0.0358 e. The molecule has 4 nitrogen and oxygen atoms in total. The molecule has 0 aromatic heterocycles. The van der Waals surface area contributed by atoms with Gasteiger partial charge in [-0.15, -0.1) is 0 Å².